The molecule has 0 saturated carbocycles. The summed E-state index contributed by atoms with van der Waals surface area (Å²) < 4.78 is 93.5. The number of carbonyl (C=O) groups excluding carboxylic acids is 2. The molecule has 8 nitrogen and oxygen atoms in total. The van der Waals surface area contributed by atoms with E-state index in [1.807, 2.05) is 6.11 Å². The average molecular weight is 688 g/mol. The molecular formula is C25H23F6IN2O6. The van der Waals surface area contributed by atoms with E-state index in [-0.39, 0.29) is 38.2 Å². The summed E-state index contributed by atoms with van der Waals surface area (Å²) in [6, 6.07) is 3.42. The van der Waals surface area contributed by atoms with Crippen LogP contribution in [0.3, 0.4) is 0 Å². The first-order chi connectivity index (χ1) is 18.5. The molecule has 0 aliphatic heterocycles. The third-order valence-corrected chi connectivity index (χ3v) is 5.20. The van der Waals surface area contributed by atoms with Gasteiger partial charge in [0.1, 0.15) is 12.7 Å². The minimum absolute atomic E-state index is 0.0325. The number of esters is 2. The van der Waals surface area contributed by atoms with Gasteiger partial charge in [-0.25, -0.2) is 9.59 Å². The molecule has 2 aromatic carbocycles. The molecule has 0 fully saturated rings. The zero-order chi connectivity index (χ0) is 31.3. The van der Waals surface area contributed by atoms with E-state index in [0.29, 0.717) is 6.07 Å². The minimum Gasteiger partial charge on any atom is -0.465 e. The van der Waals surface area contributed by atoms with Crippen LogP contribution >= 0.6 is 22.6 Å². The molecule has 4 N–H and O–H groups in total. The highest BCUT2D eigenvalue weighted by molar-refractivity contribution is 14.1. The Morgan fingerprint density at radius 3 is 1.65 bits per heavy atom. The first-order valence-electron chi connectivity index (χ1n) is 10.3. The van der Waals surface area contributed by atoms with E-state index in [4.69, 9.17) is 11.5 Å². The Morgan fingerprint density at radius 2 is 1.27 bits per heavy atom. The summed E-state index contributed by atoms with van der Waals surface area (Å²) >= 11 is 1.49. The number of hydrogen-bond acceptors (Lipinski definition) is 8. The van der Waals surface area contributed by atoms with Gasteiger partial charge in [0.05, 0.1) is 43.6 Å². The number of ether oxygens (including phenoxy) is 4. The van der Waals surface area contributed by atoms with Crippen molar-refractivity contribution in [3.8, 4) is 24.4 Å². The molecule has 0 atom stereocenters. The van der Waals surface area contributed by atoms with E-state index in [1.54, 1.807) is 0 Å². The van der Waals surface area contributed by atoms with Gasteiger partial charge in [0.15, 0.2) is 0 Å². The highest BCUT2D eigenvalue weighted by Crippen LogP contribution is 2.36. The molecule has 0 spiro atoms. The summed E-state index contributed by atoms with van der Waals surface area (Å²) in [5.74, 6) is 3.12. The van der Waals surface area contributed by atoms with Crippen molar-refractivity contribution in [3.05, 3.63) is 55.7 Å². The summed E-state index contributed by atoms with van der Waals surface area (Å²) in [5.41, 5.74) is 7.77. The number of rotatable bonds is 3. The molecule has 0 amide bonds. The zero-order valence-electron chi connectivity index (χ0n) is 21.3. The molecule has 40 heavy (non-hydrogen) atoms. The molecule has 0 aliphatic carbocycles. The quantitative estimate of drug-likeness (QED) is 0.152. The van der Waals surface area contributed by atoms with Crippen LogP contribution in [0.25, 0.3) is 0 Å². The number of halogens is 7. The lowest BCUT2D eigenvalue weighted by Gasteiger charge is -2.12. The summed E-state index contributed by atoms with van der Waals surface area (Å²) in [5, 5.41) is 0. The fourth-order valence-electron chi connectivity index (χ4n) is 2.54. The van der Waals surface area contributed by atoms with Crippen LogP contribution in [0.1, 0.15) is 37.4 Å². The van der Waals surface area contributed by atoms with E-state index in [0.717, 1.165) is 32.4 Å². The lowest BCUT2D eigenvalue weighted by atomic mass is 10.0. The van der Waals surface area contributed by atoms with Gasteiger partial charge in [0.25, 0.3) is 0 Å². The number of terminal acetylenes is 1. The molecule has 0 bridgehead atoms. The highest BCUT2D eigenvalue weighted by atomic mass is 127. The second kappa shape index (κ2) is 16.3. The second-order valence-electron chi connectivity index (χ2n) is 6.94. The van der Waals surface area contributed by atoms with Crippen molar-refractivity contribution in [2.45, 2.75) is 12.4 Å². The maximum atomic E-state index is 12.9. The number of carbonyl (C=O) groups is 2. The van der Waals surface area contributed by atoms with Crippen LogP contribution in [0.15, 0.2) is 24.3 Å². The van der Waals surface area contributed by atoms with E-state index >= 15 is 0 Å². The molecule has 0 aliphatic rings. The molecule has 0 saturated heterocycles. The summed E-state index contributed by atoms with van der Waals surface area (Å²) in [6.45, 7) is -0.0325. The molecule has 0 radical (unpaired) electrons. The SMILES string of the molecule is C#COC.COC(=O)c1cc(I)c(C(F)(F)F)cc1N.COCC#Cc1cc(C(=O)OC)c(N)cc1C(F)(F)F. The standard InChI is InChI=1S/C13H12F3NO3.C9H7F3INO2.C3H4O/c1-19-5-3-4-8-6-9(12(18)20-2)11(17)7-10(8)13(14,15)16;1-16-8(15)4-2-6(13)5(3-7(4)14)9(10,11)12;1-3-4-2/h6-7H,5,17H2,1-2H3;2-3H,14H2,1H3;1H,2H3. The molecular weight excluding hydrogens is 665 g/mol. The number of benzene rings is 2. The van der Waals surface area contributed by atoms with Gasteiger partial charge in [-0.1, -0.05) is 18.3 Å². The maximum absolute atomic E-state index is 12.9. The first kappa shape index (κ1) is 36.2. The predicted molar refractivity (Wildman–Crippen MR) is 142 cm³/mol. The lowest BCUT2D eigenvalue weighted by molar-refractivity contribution is -0.138. The van der Waals surface area contributed by atoms with Crippen molar-refractivity contribution in [1.29, 1.82) is 0 Å². The van der Waals surface area contributed by atoms with Gasteiger partial charge in [-0.3, -0.25) is 0 Å². The Hall–Kier alpha value is -3.83. The first-order valence-corrected chi connectivity index (χ1v) is 11.4. The normalized spacial score (nSPS) is 10.2. The Balaban J connectivity index is 0.000000682. The largest absolute Gasteiger partial charge is 0.465 e. The summed E-state index contributed by atoms with van der Waals surface area (Å²) in [6.07, 6.45) is -2.63. The Morgan fingerprint density at radius 1 is 0.850 bits per heavy atom. The molecule has 15 heteroatoms. The van der Waals surface area contributed by atoms with Crippen molar-refractivity contribution in [2.24, 2.45) is 0 Å². The van der Waals surface area contributed by atoms with Crippen LogP contribution in [-0.2, 0) is 31.3 Å². The van der Waals surface area contributed by atoms with Crippen LogP contribution in [0.2, 0.25) is 0 Å². The van der Waals surface area contributed by atoms with Gasteiger partial charge < -0.3 is 30.4 Å². The number of anilines is 2. The van der Waals surface area contributed by atoms with Crippen LogP contribution in [0.4, 0.5) is 37.7 Å². The van der Waals surface area contributed by atoms with Crippen LogP contribution in [-0.4, -0.2) is 47.0 Å². The Labute approximate surface area is 239 Å². The van der Waals surface area contributed by atoms with Crippen molar-refractivity contribution in [2.75, 3.05) is 46.5 Å². The van der Waals surface area contributed by atoms with Crippen LogP contribution in [0.5, 0.6) is 0 Å². The van der Waals surface area contributed by atoms with Gasteiger partial charge in [0, 0.05) is 27.6 Å². The number of hydrogen-bond donors (Lipinski definition) is 2. The topological polar surface area (TPSA) is 123 Å². The average Bonchev–Trinajstić information content (AvgIpc) is 2.88. The molecule has 0 heterocycles. The smallest absolute Gasteiger partial charge is 0.417 e. The molecule has 0 unspecified atom stereocenters. The second-order valence-corrected chi connectivity index (χ2v) is 8.10. The zero-order valence-corrected chi connectivity index (χ0v) is 23.5. The Bertz CT molecular complexity index is 1290. The number of nitrogen functional groups attached to an aromatic ring is 2. The third-order valence-electron chi connectivity index (χ3n) is 4.31. The van der Waals surface area contributed by atoms with Crippen molar-refractivity contribution < 1.29 is 54.9 Å². The fourth-order valence-corrected chi connectivity index (χ4v) is 3.31. The fraction of sp³-hybridized carbons (Fsp3) is 0.280. The van der Waals surface area contributed by atoms with Gasteiger partial charge in [-0.05, 0) is 46.9 Å². The van der Waals surface area contributed by atoms with Gasteiger partial charge in [-0.2, -0.15) is 26.3 Å². The van der Waals surface area contributed by atoms with Gasteiger partial charge in [-0.15, -0.1) is 0 Å². The van der Waals surface area contributed by atoms with Crippen molar-refractivity contribution in [3.63, 3.8) is 0 Å². The molecule has 2 aromatic rings. The number of alkyl halides is 6. The predicted octanol–water partition coefficient (Wildman–Crippen LogP) is 4.97. The van der Waals surface area contributed by atoms with E-state index in [2.05, 4.69) is 37.2 Å². The van der Waals surface area contributed by atoms with Crippen molar-refractivity contribution in [1.82, 2.24) is 0 Å². The van der Waals surface area contributed by atoms with Crippen LogP contribution < -0.4 is 11.5 Å². The summed E-state index contributed by atoms with van der Waals surface area (Å²) in [4.78, 5) is 22.6. The van der Waals surface area contributed by atoms with E-state index in [9.17, 15) is 35.9 Å². The summed E-state index contributed by atoms with van der Waals surface area (Å²) in [7, 11) is 5.05. The third kappa shape index (κ3) is 11.1. The monoisotopic (exact) mass is 688 g/mol. The molecule has 0 aromatic heterocycles. The number of methoxy groups -OCH3 is 4. The van der Waals surface area contributed by atoms with Gasteiger partial charge in [0.2, 0.25) is 0 Å². The number of nitrogens with two attached hydrogens (primary N) is 2. The molecule has 218 valence electrons. The molecule has 2 rings (SSSR count). The lowest BCUT2D eigenvalue weighted by Crippen LogP contribution is -2.13. The van der Waals surface area contributed by atoms with E-state index < -0.39 is 35.4 Å². The highest BCUT2D eigenvalue weighted by Gasteiger charge is 2.35. The van der Waals surface area contributed by atoms with E-state index in [1.165, 1.54) is 36.8 Å². The Kier molecular flexibility index (Phi) is 14.8. The minimum atomic E-state index is -4.63. The maximum Gasteiger partial charge on any atom is 0.417 e. The van der Waals surface area contributed by atoms with Gasteiger partial charge >= 0.3 is 24.3 Å². The van der Waals surface area contributed by atoms with Crippen molar-refractivity contribution >= 4 is 45.9 Å². The van der Waals surface area contributed by atoms with Crippen LogP contribution in [0, 0.1) is 27.9 Å².